The monoisotopic (exact) mass is 443 g/mol. The van der Waals surface area contributed by atoms with Crippen molar-refractivity contribution in [2.24, 2.45) is 28.6 Å². The van der Waals surface area contributed by atoms with Crippen LogP contribution in [0.15, 0.2) is 76.9 Å². The molecule has 0 radical (unpaired) electrons. The molecular formula is C29H33NO3. The molecule has 0 saturated heterocycles. The molecule has 3 atom stereocenters. The first kappa shape index (κ1) is 23.1. The van der Waals surface area contributed by atoms with Crippen LogP contribution in [0, 0.1) is 28.6 Å². The van der Waals surface area contributed by atoms with Crippen LogP contribution in [-0.2, 0) is 9.59 Å². The molecule has 3 aliphatic rings. The highest BCUT2D eigenvalue weighted by Crippen LogP contribution is 2.54. The highest BCUT2D eigenvalue weighted by molar-refractivity contribution is 5.98. The Labute approximate surface area is 196 Å². The first-order valence-corrected chi connectivity index (χ1v) is 11.7. The van der Waals surface area contributed by atoms with Gasteiger partial charge in [-0.25, -0.2) is 4.79 Å². The van der Waals surface area contributed by atoms with Gasteiger partial charge in [-0.2, -0.15) is 0 Å². The van der Waals surface area contributed by atoms with Gasteiger partial charge in [0.15, 0.2) is 0 Å². The molecule has 4 nitrogen and oxygen atoms in total. The van der Waals surface area contributed by atoms with Crippen molar-refractivity contribution in [1.29, 1.82) is 0 Å². The van der Waals surface area contributed by atoms with Crippen molar-refractivity contribution in [2.75, 3.05) is 5.32 Å². The van der Waals surface area contributed by atoms with Crippen molar-refractivity contribution in [3.8, 4) is 5.75 Å². The van der Waals surface area contributed by atoms with E-state index in [1.54, 1.807) is 18.2 Å². The van der Waals surface area contributed by atoms with Crippen molar-refractivity contribution in [3.63, 3.8) is 0 Å². The standard InChI is InChI=1S/C29H33NO3/c1-18-15-25-26(29(4,5)14-13-28(25,2)3)16-23(18)21-7-6-8-22(24(21)17-31)27(33)30-19-9-11-20(32)12-10-19/h6-14,18,22-23,32H,15-16H2,1-5H3,(H,30,33). The van der Waals surface area contributed by atoms with Crippen molar-refractivity contribution < 1.29 is 14.7 Å². The summed E-state index contributed by atoms with van der Waals surface area (Å²) in [6, 6.07) is 6.31. The Kier molecular flexibility index (Phi) is 5.84. The summed E-state index contributed by atoms with van der Waals surface area (Å²) in [4.78, 5) is 25.2. The average Bonchev–Trinajstić information content (AvgIpc) is 2.77. The van der Waals surface area contributed by atoms with Crippen LogP contribution in [0.4, 0.5) is 5.69 Å². The first-order valence-electron chi connectivity index (χ1n) is 11.7. The molecule has 0 heterocycles. The molecule has 0 aromatic heterocycles. The Morgan fingerprint density at radius 3 is 2.24 bits per heavy atom. The summed E-state index contributed by atoms with van der Waals surface area (Å²) in [6.45, 7) is 11.3. The maximum atomic E-state index is 13.1. The minimum Gasteiger partial charge on any atom is -0.508 e. The molecule has 4 rings (SSSR count). The SMILES string of the molecule is CC1CC2=C(CC1C1=CC=CC(C(=O)Nc3ccc(O)cc3)C1=C=O)C(C)(C)C=CC2(C)C. The number of hydrogen-bond donors (Lipinski definition) is 2. The van der Waals surface area contributed by atoms with Crippen molar-refractivity contribution in [2.45, 2.75) is 47.5 Å². The van der Waals surface area contributed by atoms with Crippen LogP contribution in [0.1, 0.15) is 47.5 Å². The van der Waals surface area contributed by atoms with Gasteiger partial charge in [0.05, 0.1) is 11.5 Å². The highest BCUT2D eigenvalue weighted by Gasteiger charge is 2.43. The maximum Gasteiger partial charge on any atom is 0.236 e. The Balaban J connectivity index is 1.61. The summed E-state index contributed by atoms with van der Waals surface area (Å²) >= 11 is 0. The van der Waals surface area contributed by atoms with E-state index in [0.29, 0.717) is 17.2 Å². The van der Waals surface area contributed by atoms with Gasteiger partial charge in [0.2, 0.25) is 5.91 Å². The number of aromatic hydroxyl groups is 1. The lowest BCUT2D eigenvalue weighted by Gasteiger charge is -2.47. The van der Waals surface area contributed by atoms with Gasteiger partial charge in [0, 0.05) is 16.5 Å². The zero-order chi connectivity index (χ0) is 24.0. The fourth-order valence-corrected chi connectivity index (χ4v) is 5.53. The fraction of sp³-hybridized carbons (Fsp3) is 0.414. The van der Waals surface area contributed by atoms with Gasteiger partial charge in [-0.15, -0.1) is 0 Å². The summed E-state index contributed by atoms with van der Waals surface area (Å²) in [5.74, 6) is 1.81. The van der Waals surface area contributed by atoms with Gasteiger partial charge < -0.3 is 10.4 Å². The van der Waals surface area contributed by atoms with Crippen LogP contribution in [0.5, 0.6) is 5.75 Å². The number of amides is 1. The van der Waals surface area contributed by atoms with Gasteiger partial charge in [-0.05, 0) is 54.5 Å². The third kappa shape index (κ3) is 4.28. The summed E-state index contributed by atoms with van der Waals surface area (Å²) in [5.41, 5.74) is 4.94. The third-order valence-corrected chi connectivity index (χ3v) is 7.60. The molecule has 1 aromatic rings. The first-order chi connectivity index (χ1) is 15.5. The molecule has 0 fully saturated rings. The average molecular weight is 444 g/mol. The normalized spacial score (nSPS) is 27.5. The molecule has 0 spiro atoms. The minimum atomic E-state index is -0.686. The number of carbonyl (C=O) groups excluding carboxylic acids is 2. The van der Waals surface area contributed by atoms with E-state index in [1.165, 1.54) is 23.3 Å². The lowest BCUT2D eigenvalue weighted by molar-refractivity contribution is -0.117. The predicted molar refractivity (Wildman–Crippen MR) is 132 cm³/mol. The molecular weight excluding hydrogens is 410 g/mol. The molecule has 0 saturated carbocycles. The Bertz CT molecular complexity index is 1140. The molecule has 3 unspecified atom stereocenters. The van der Waals surface area contributed by atoms with Crippen molar-refractivity contribution in [3.05, 3.63) is 76.9 Å². The van der Waals surface area contributed by atoms with Gasteiger partial charge in [0.25, 0.3) is 0 Å². The third-order valence-electron chi connectivity index (χ3n) is 7.60. The Morgan fingerprint density at radius 2 is 1.64 bits per heavy atom. The molecule has 4 heteroatoms. The van der Waals surface area contributed by atoms with Crippen LogP contribution < -0.4 is 5.32 Å². The van der Waals surface area contributed by atoms with Crippen molar-refractivity contribution in [1.82, 2.24) is 0 Å². The topological polar surface area (TPSA) is 66.4 Å². The lowest BCUT2D eigenvalue weighted by Crippen LogP contribution is -2.35. The second-order valence-electron chi connectivity index (χ2n) is 10.8. The summed E-state index contributed by atoms with van der Waals surface area (Å²) in [5, 5.41) is 12.3. The Morgan fingerprint density at radius 1 is 1.03 bits per heavy atom. The number of anilines is 1. The molecule has 2 N–H and O–H groups in total. The van der Waals surface area contributed by atoms with Gasteiger partial charge in [0.1, 0.15) is 11.7 Å². The number of carbonyl (C=O) groups is 1. The summed E-state index contributed by atoms with van der Waals surface area (Å²) in [6.07, 6.45) is 12.2. The number of allylic oxidation sites excluding steroid dienone is 7. The van der Waals surface area contributed by atoms with Crippen LogP contribution in [0.3, 0.4) is 0 Å². The largest absolute Gasteiger partial charge is 0.508 e. The quantitative estimate of drug-likeness (QED) is 0.334. The van der Waals surface area contributed by atoms with Gasteiger partial charge >= 0.3 is 0 Å². The number of benzene rings is 1. The number of nitrogens with one attached hydrogen (secondary N) is 1. The number of phenolic OH excluding ortho intramolecular Hbond substituents is 1. The lowest BCUT2D eigenvalue weighted by atomic mass is 9.58. The molecule has 33 heavy (non-hydrogen) atoms. The van der Waals surface area contributed by atoms with E-state index in [-0.39, 0.29) is 28.4 Å². The van der Waals surface area contributed by atoms with E-state index in [4.69, 9.17) is 0 Å². The van der Waals surface area contributed by atoms with E-state index >= 15 is 0 Å². The van der Waals surface area contributed by atoms with Crippen LogP contribution in [0.25, 0.3) is 0 Å². The zero-order valence-corrected chi connectivity index (χ0v) is 20.1. The number of hydrogen-bond acceptors (Lipinski definition) is 3. The van der Waals surface area contributed by atoms with E-state index < -0.39 is 5.92 Å². The Hall–Kier alpha value is -3.10. The molecule has 3 aliphatic carbocycles. The van der Waals surface area contributed by atoms with E-state index in [0.717, 1.165) is 18.4 Å². The molecule has 1 amide bonds. The zero-order valence-electron chi connectivity index (χ0n) is 20.1. The molecule has 0 aliphatic heterocycles. The maximum absolute atomic E-state index is 13.1. The second kappa shape index (κ2) is 8.35. The minimum absolute atomic E-state index is 0.0188. The number of phenols is 1. The smallest absolute Gasteiger partial charge is 0.236 e. The summed E-state index contributed by atoms with van der Waals surface area (Å²) < 4.78 is 0. The van der Waals surface area contributed by atoms with E-state index in [1.807, 2.05) is 12.2 Å². The predicted octanol–water partition coefficient (Wildman–Crippen LogP) is 6.17. The van der Waals surface area contributed by atoms with Crippen LogP contribution in [-0.4, -0.2) is 17.0 Å². The highest BCUT2D eigenvalue weighted by atomic mass is 16.3. The second-order valence-corrected chi connectivity index (χ2v) is 10.8. The van der Waals surface area contributed by atoms with Crippen molar-refractivity contribution >= 4 is 17.5 Å². The molecule has 0 bridgehead atoms. The van der Waals surface area contributed by atoms with E-state index in [2.05, 4.69) is 58.0 Å². The van der Waals surface area contributed by atoms with E-state index in [9.17, 15) is 14.7 Å². The van der Waals surface area contributed by atoms with Crippen LogP contribution >= 0.6 is 0 Å². The summed E-state index contributed by atoms with van der Waals surface area (Å²) in [7, 11) is 0. The number of rotatable bonds is 3. The van der Waals surface area contributed by atoms with Gasteiger partial charge in [-0.1, -0.05) is 76.1 Å². The molecule has 1 aromatic carbocycles. The fourth-order valence-electron chi connectivity index (χ4n) is 5.53. The van der Waals surface area contributed by atoms with Gasteiger partial charge in [-0.3, -0.25) is 4.79 Å². The van der Waals surface area contributed by atoms with Crippen LogP contribution in [0.2, 0.25) is 0 Å². The molecule has 172 valence electrons.